The van der Waals surface area contributed by atoms with Crippen molar-refractivity contribution in [2.75, 3.05) is 13.2 Å². The Kier molecular flexibility index (Phi) is 4.11. The molecule has 0 spiro atoms. The number of hydrogen-bond acceptors (Lipinski definition) is 4. The third-order valence-electron chi connectivity index (χ3n) is 2.54. The normalized spacial score (nSPS) is 24.6. The molecule has 0 aromatic rings. The average Bonchev–Trinajstić information content (AvgIpc) is 2.39. The molecule has 4 nitrogen and oxygen atoms in total. The first-order chi connectivity index (χ1) is 7.01. The lowest BCUT2D eigenvalue weighted by atomic mass is 9.85. The fourth-order valence-electron chi connectivity index (χ4n) is 1.79. The van der Waals surface area contributed by atoms with Crippen LogP contribution in [0.1, 0.15) is 34.1 Å². The first-order valence-corrected chi connectivity index (χ1v) is 5.44. The van der Waals surface area contributed by atoms with Crippen molar-refractivity contribution < 1.29 is 19.0 Å². The van der Waals surface area contributed by atoms with Crippen LogP contribution in [0.2, 0.25) is 0 Å². The van der Waals surface area contributed by atoms with Crippen LogP contribution in [0.4, 0.5) is 0 Å². The molecule has 1 rings (SSSR count). The molecule has 0 aromatic carbocycles. The Balaban J connectivity index is 2.69. The lowest BCUT2D eigenvalue weighted by molar-refractivity contribution is -0.210. The molecule has 1 aliphatic heterocycles. The summed E-state index contributed by atoms with van der Waals surface area (Å²) < 4.78 is 16.2. The minimum atomic E-state index is -0.443. The van der Waals surface area contributed by atoms with Gasteiger partial charge in [0.25, 0.3) is 0 Å². The highest BCUT2D eigenvalue weighted by Crippen LogP contribution is 2.37. The van der Waals surface area contributed by atoms with E-state index in [1.807, 2.05) is 27.7 Å². The van der Waals surface area contributed by atoms with Crippen LogP contribution in [-0.4, -0.2) is 31.6 Å². The zero-order valence-corrected chi connectivity index (χ0v) is 9.91. The number of hydrogen-bond donors (Lipinski definition) is 0. The van der Waals surface area contributed by atoms with Gasteiger partial charge in [0.2, 0.25) is 0 Å². The minimum Gasteiger partial charge on any atom is -0.456 e. The number of cyclic esters (lactones) is 1. The van der Waals surface area contributed by atoms with E-state index in [1.165, 1.54) is 0 Å². The van der Waals surface area contributed by atoms with E-state index in [1.54, 1.807) is 0 Å². The van der Waals surface area contributed by atoms with Gasteiger partial charge < -0.3 is 14.2 Å². The molecule has 0 N–H and O–H groups in total. The van der Waals surface area contributed by atoms with E-state index in [2.05, 4.69) is 0 Å². The summed E-state index contributed by atoms with van der Waals surface area (Å²) in [4.78, 5) is 11.2. The van der Waals surface area contributed by atoms with Crippen molar-refractivity contribution in [3.63, 3.8) is 0 Å². The zero-order chi connectivity index (χ0) is 11.5. The maximum absolute atomic E-state index is 11.2. The van der Waals surface area contributed by atoms with Crippen LogP contribution in [0.25, 0.3) is 0 Å². The lowest BCUT2D eigenvalue weighted by Gasteiger charge is -2.30. The summed E-state index contributed by atoms with van der Waals surface area (Å²) in [6.07, 6.45) is -0.319. The Hall–Kier alpha value is -0.610. The van der Waals surface area contributed by atoms with Gasteiger partial charge >= 0.3 is 5.97 Å². The second-order valence-corrected chi connectivity index (χ2v) is 4.35. The van der Waals surface area contributed by atoms with Crippen molar-refractivity contribution in [2.24, 2.45) is 5.41 Å². The predicted octanol–water partition coefficient (Wildman–Crippen LogP) is 1.73. The smallest absolute Gasteiger partial charge is 0.306 e. The van der Waals surface area contributed by atoms with Crippen LogP contribution < -0.4 is 0 Å². The largest absolute Gasteiger partial charge is 0.456 e. The average molecular weight is 216 g/mol. The van der Waals surface area contributed by atoms with Gasteiger partial charge in [-0.15, -0.1) is 0 Å². The second kappa shape index (κ2) is 4.94. The fourth-order valence-corrected chi connectivity index (χ4v) is 1.79. The van der Waals surface area contributed by atoms with Gasteiger partial charge in [0.05, 0.1) is 6.42 Å². The Labute approximate surface area is 90.9 Å². The van der Waals surface area contributed by atoms with Crippen molar-refractivity contribution in [1.82, 2.24) is 0 Å². The van der Waals surface area contributed by atoms with Crippen molar-refractivity contribution in [3.8, 4) is 0 Å². The molecule has 15 heavy (non-hydrogen) atoms. The van der Waals surface area contributed by atoms with Crippen LogP contribution in [-0.2, 0) is 19.0 Å². The molecule has 1 aliphatic rings. The molecule has 1 saturated heterocycles. The number of carbonyl (C=O) groups is 1. The van der Waals surface area contributed by atoms with Gasteiger partial charge in [-0.2, -0.15) is 0 Å². The molecule has 0 bridgehead atoms. The summed E-state index contributed by atoms with van der Waals surface area (Å²) in [7, 11) is 0. The van der Waals surface area contributed by atoms with Crippen LogP contribution >= 0.6 is 0 Å². The van der Waals surface area contributed by atoms with E-state index in [9.17, 15) is 4.79 Å². The van der Waals surface area contributed by atoms with E-state index < -0.39 is 6.29 Å². The highest BCUT2D eigenvalue weighted by atomic mass is 16.7. The van der Waals surface area contributed by atoms with Gasteiger partial charge in [0, 0.05) is 18.6 Å². The molecular formula is C11H20O4. The summed E-state index contributed by atoms with van der Waals surface area (Å²) in [5.74, 6) is -0.172. The van der Waals surface area contributed by atoms with Gasteiger partial charge in [-0.25, -0.2) is 0 Å². The zero-order valence-electron chi connectivity index (χ0n) is 9.91. The number of rotatable bonds is 5. The Morgan fingerprint density at radius 1 is 1.40 bits per heavy atom. The molecule has 0 aromatic heterocycles. The molecule has 1 atom stereocenters. The van der Waals surface area contributed by atoms with Crippen molar-refractivity contribution in [2.45, 2.75) is 46.5 Å². The SMILES string of the molecule is CCOC(OCC)C1OC(=O)CC1(C)C. The second-order valence-electron chi connectivity index (χ2n) is 4.35. The topological polar surface area (TPSA) is 44.8 Å². The monoisotopic (exact) mass is 216 g/mol. The molecule has 1 fully saturated rings. The van der Waals surface area contributed by atoms with Crippen molar-refractivity contribution in [3.05, 3.63) is 0 Å². The molecule has 1 heterocycles. The molecule has 0 radical (unpaired) electrons. The highest BCUT2D eigenvalue weighted by molar-refractivity contribution is 5.72. The summed E-state index contributed by atoms with van der Waals surface area (Å²) in [6, 6.07) is 0. The van der Waals surface area contributed by atoms with Crippen molar-refractivity contribution >= 4 is 5.97 Å². The Morgan fingerprint density at radius 2 is 1.93 bits per heavy atom. The summed E-state index contributed by atoms with van der Waals surface area (Å²) in [5.41, 5.74) is -0.216. The molecule has 0 saturated carbocycles. The summed E-state index contributed by atoms with van der Waals surface area (Å²) >= 11 is 0. The van der Waals surface area contributed by atoms with E-state index in [0.717, 1.165) is 0 Å². The molecular weight excluding hydrogens is 196 g/mol. The van der Waals surface area contributed by atoms with Crippen molar-refractivity contribution in [1.29, 1.82) is 0 Å². The summed E-state index contributed by atoms with van der Waals surface area (Å²) in [6.45, 7) is 8.89. The van der Waals surface area contributed by atoms with E-state index in [-0.39, 0.29) is 17.5 Å². The molecule has 1 unspecified atom stereocenters. The lowest BCUT2D eigenvalue weighted by Crippen LogP contribution is -2.40. The molecule has 4 heteroatoms. The van der Waals surface area contributed by atoms with Crippen LogP contribution in [0.3, 0.4) is 0 Å². The van der Waals surface area contributed by atoms with Gasteiger partial charge in [-0.1, -0.05) is 13.8 Å². The maximum atomic E-state index is 11.2. The molecule has 0 amide bonds. The number of esters is 1. The van der Waals surface area contributed by atoms with Gasteiger partial charge in [0.1, 0.15) is 0 Å². The summed E-state index contributed by atoms with van der Waals surface area (Å²) in [5, 5.41) is 0. The van der Waals surface area contributed by atoms with Gasteiger partial charge in [0.15, 0.2) is 12.4 Å². The first kappa shape index (κ1) is 12.5. The Morgan fingerprint density at radius 3 is 2.27 bits per heavy atom. The van der Waals surface area contributed by atoms with Gasteiger partial charge in [-0.3, -0.25) is 4.79 Å². The standard InChI is InChI=1S/C11H20O4/c1-5-13-10(14-6-2)9-11(3,4)7-8(12)15-9/h9-10H,5-7H2,1-4H3. The third-order valence-corrected chi connectivity index (χ3v) is 2.54. The molecule has 88 valence electrons. The van der Waals surface area contributed by atoms with E-state index >= 15 is 0 Å². The third kappa shape index (κ3) is 2.92. The van der Waals surface area contributed by atoms with E-state index in [0.29, 0.717) is 19.6 Å². The van der Waals surface area contributed by atoms with Crippen LogP contribution in [0, 0.1) is 5.41 Å². The van der Waals surface area contributed by atoms with Crippen LogP contribution in [0.5, 0.6) is 0 Å². The highest BCUT2D eigenvalue weighted by Gasteiger charge is 2.47. The quantitative estimate of drug-likeness (QED) is 0.518. The number of ether oxygens (including phenoxy) is 3. The first-order valence-electron chi connectivity index (χ1n) is 5.44. The van der Waals surface area contributed by atoms with Gasteiger partial charge in [-0.05, 0) is 13.8 Å². The maximum Gasteiger partial charge on any atom is 0.306 e. The minimum absolute atomic E-state index is 0.172. The fraction of sp³-hybridized carbons (Fsp3) is 0.909. The molecule has 0 aliphatic carbocycles. The van der Waals surface area contributed by atoms with E-state index in [4.69, 9.17) is 14.2 Å². The number of carbonyl (C=O) groups excluding carboxylic acids is 1. The van der Waals surface area contributed by atoms with Crippen LogP contribution in [0.15, 0.2) is 0 Å². The Bertz CT molecular complexity index is 219. The predicted molar refractivity (Wildman–Crippen MR) is 55.3 cm³/mol.